The largest absolute Gasteiger partial charge is 0.463 e. The topological polar surface area (TPSA) is 124 Å². The van der Waals surface area contributed by atoms with Gasteiger partial charge in [0.15, 0.2) is 12.2 Å². The molecule has 2 rings (SSSR count). The number of carbonyl (C=O) groups is 4. The van der Waals surface area contributed by atoms with Gasteiger partial charge in [0.25, 0.3) is 0 Å². The van der Waals surface area contributed by atoms with E-state index in [2.05, 4.69) is 20.8 Å². The van der Waals surface area contributed by atoms with Gasteiger partial charge in [-0.2, -0.15) is 0 Å². The van der Waals surface area contributed by atoms with Gasteiger partial charge in [-0.25, -0.2) is 0 Å². The fourth-order valence-corrected chi connectivity index (χ4v) is 3.60. The van der Waals surface area contributed by atoms with Crippen LogP contribution in [0.15, 0.2) is 18.2 Å². The van der Waals surface area contributed by atoms with Crippen LogP contribution in [-0.2, 0) is 48.3 Å². The van der Waals surface area contributed by atoms with Gasteiger partial charge < -0.3 is 28.4 Å². The van der Waals surface area contributed by atoms with Crippen molar-refractivity contribution in [3.8, 4) is 5.75 Å². The molecule has 10 heteroatoms. The highest BCUT2D eigenvalue weighted by Gasteiger charge is 2.53. The van der Waals surface area contributed by atoms with E-state index >= 15 is 0 Å². The minimum Gasteiger partial charge on any atom is -0.463 e. The summed E-state index contributed by atoms with van der Waals surface area (Å²) in [5.41, 5.74) is 1.60. The lowest BCUT2D eigenvalue weighted by atomic mass is 9.86. The average Bonchev–Trinajstić information content (AvgIpc) is 2.70. The van der Waals surface area contributed by atoms with E-state index in [0.29, 0.717) is 5.75 Å². The number of hydrogen-bond donors (Lipinski definition) is 0. The van der Waals surface area contributed by atoms with Crippen LogP contribution in [-0.4, -0.2) is 61.2 Å². The number of esters is 4. The molecule has 1 aromatic rings. The fraction of sp³-hybridized carbons (Fsp3) is 0.600. The molecular formula is C25H34O10. The van der Waals surface area contributed by atoms with Crippen LogP contribution in [0.25, 0.3) is 0 Å². The molecule has 0 bridgehead atoms. The Morgan fingerprint density at radius 3 is 1.89 bits per heavy atom. The Bertz CT molecular complexity index is 948. The highest BCUT2D eigenvalue weighted by Crippen LogP contribution is 2.34. The van der Waals surface area contributed by atoms with Gasteiger partial charge in [0.2, 0.25) is 12.4 Å². The second-order valence-electron chi connectivity index (χ2n) is 9.42. The van der Waals surface area contributed by atoms with E-state index < -0.39 is 54.6 Å². The molecule has 5 unspecified atom stereocenters. The average molecular weight is 495 g/mol. The highest BCUT2D eigenvalue weighted by molar-refractivity contribution is 5.68. The molecular weight excluding hydrogens is 460 g/mol. The molecule has 1 fully saturated rings. The zero-order valence-electron chi connectivity index (χ0n) is 21.4. The van der Waals surface area contributed by atoms with Gasteiger partial charge in [-0.05, 0) is 29.5 Å². The monoisotopic (exact) mass is 494 g/mol. The Kier molecular flexibility index (Phi) is 9.25. The summed E-state index contributed by atoms with van der Waals surface area (Å²) < 4.78 is 33.5. The van der Waals surface area contributed by atoms with Gasteiger partial charge >= 0.3 is 23.9 Å². The van der Waals surface area contributed by atoms with E-state index in [1.54, 1.807) is 0 Å². The normalized spacial score (nSPS) is 24.2. The van der Waals surface area contributed by atoms with Crippen LogP contribution in [0.1, 0.15) is 59.6 Å². The molecule has 0 spiro atoms. The molecule has 35 heavy (non-hydrogen) atoms. The number of carbonyl (C=O) groups excluding carboxylic acids is 4. The summed E-state index contributed by atoms with van der Waals surface area (Å²) in [6, 6.07) is 5.72. The van der Waals surface area contributed by atoms with Crippen molar-refractivity contribution in [1.82, 2.24) is 0 Å². The maximum atomic E-state index is 12.0. The summed E-state index contributed by atoms with van der Waals surface area (Å²) in [5.74, 6) is -2.23. The van der Waals surface area contributed by atoms with Gasteiger partial charge in [-0.3, -0.25) is 19.2 Å². The van der Waals surface area contributed by atoms with Crippen LogP contribution in [0, 0.1) is 6.92 Å². The van der Waals surface area contributed by atoms with Crippen LogP contribution in [0.2, 0.25) is 0 Å². The molecule has 0 aliphatic carbocycles. The van der Waals surface area contributed by atoms with Crippen molar-refractivity contribution in [2.45, 2.75) is 91.5 Å². The van der Waals surface area contributed by atoms with Gasteiger partial charge in [0.1, 0.15) is 18.5 Å². The van der Waals surface area contributed by atoms with Crippen LogP contribution < -0.4 is 4.74 Å². The van der Waals surface area contributed by atoms with Crippen LogP contribution >= 0.6 is 0 Å². The van der Waals surface area contributed by atoms with Gasteiger partial charge in [-0.15, -0.1) is 0 Å². The zero-order chi connectivity index (χ0) is 26.5. The molecule has 5 atom stereocenters. The highest BCUT2D eigenvalue weighted by atomic mass is 16.7. The molecule has 0 radical (unpaired) electrons. The summed E-state index contributed by atoms with van der Waals surface area (Å²) in [6.07, 6.45) is -6.15. The third-order valence-electron chi connectivity index (χ3n) is 5.25. The lowest BCUT2D eigenvalue weighted by Crippen LogP contribution is -2.63. The molecule has 0 N–H and O–H groups in total. The summed E-state index contributed by atoms with van der Waals surface area (Å²) in [6.45, 7) is 12.4. The zero-order valence-corrected chi connectivity index (χ0v) is 21.4. The molecule has 0 aromatic heterocycles. The van der Waals surface area contributed by atoms with Crippen molar-refractivity contribution < 1.29 is 47.6 Å². The minimum atomic E-state index is -1.29. The summed E-state index contributed by atoms with van der Waals surface area (Å²) in [5, 5.41) is 0. The molecule has 1 heterocycles. The molecule has 0 saturated carbocycles. The summed E-state index contributed by atoms with van der Waals surface area (Å²) >= 11 is 0. The SMILES string of the molecule is CC(=O)OCC1OC(Oc2cc(C(C)(C)C)ccc2C)C(OC(C)=O)C(OC(C)=O)C1OC(C)=O. The van der Waals surface area contributed by atoms with Gasteiger partial charge in [-0.1, -0.05) is 32.9 Å². The Morgan fingerprint density at radius 2 is 1.37 bits per heavy atom. The molecule has 1 aliphatic heterocycles. The lowest BCUT2D eigenvalue weighted by molar-refractivity contribution is -0.288. The quantitative estimate of drug-likeness (QED) is 0.413. The van der Waals surface area contributed by atoms with E-state index in [4.69, 9.17) is 28.4 Å². The van der Waals surface area contributed by atoms with Crippen molar-refractivity contribution in [2.24, 2.45) is 0 Å². The van der Waals surface area contributed by atoms with Crippen molar-refractivity contribution >= 4 is 23.9 Å². The van der Waals surface area contributed by atoms with E-state index in [1.807, 2.05) is 25.1 Å². The van der Waals surface area contributed by atoms with E-state index in [0.717, 1.165) is 11.1 Å². The third-order valence-corrected chi connectivity index (χ3v) is 5.25. The lowest BCUT2D eigenvalue weighted by Gasteiger charge is -2.44. The number of rotatable bonds is 7. The maximum absolute atomic E-state index is 12.0. The van der Waals surface area contributed by atoms with Crippen molar-refractivity contribution in [3.63, 3.8) is 0 Å². The first-order chi connectivity index (χ1) is 16.2. The Morgan fingerprint density at radius 1 is 0.829 bits per heavy atom. The summed E-state index contributed by atoms with van der Waals surface area (Å²) in [7, 11) is 0. The third kappa shape index (κ3) is 7.95. The number of ether oxygens (including phenoxy) is 6. The standard InChI is InChI=1S/C25H34O10/c1-13-9-10-18(25(6,7)8)11-19(13)34-24-23(33-17(5)29)22(32-16(4)28)21(31-15(3)27)20(35-24)12-30-14(2)26/h9-11,20-24H,12H2,1-8H3. The summed E-state index contributed by atoms with van der Waals surface area (Å²) in [4.78, 5) is 47.2. The Labute approximate surface area is 205 Å². The second kappa shape index (κ2) is 11.5. The van der Waals surface area contributed by atoms with Crippen LogP contribution in [0.4, 0.5) is 0 Å². The van der Waals surface area contributed by atoms with E-state index in [-0.39, 0.29) is 12.0 Å². The molecule has 1 saturated heterocycles. The van der Waals surface area contributed by atoms with E-state index in [1.165, 1.54) is 27.7 Å². The second-order valence-corrected chi connectivity index (χ2v) is 9.42. The van der Waals surface area contributed by atoms with Crippen molar-refractivity contribution in [3.05, 3.63) is 29.3 Å². The molecule has 10 nitrogen and oxygen atoms in total. The predicted molar refractivity (Wildman–Crippen MR) is 122 cm³/mol. The first-order valence-electron chi connectivity index (χ1n) is 11.3. The fourth-order valence-electron chi connectivity index (χ4n) is 3.60. The predicted octanol–water partition coefficient (Wildman–Crippen LogP) is 2.75. The van der Waals surface area contributed by atoms with Crippen molar-refractivity contribution in [1.29, 1.82) is 0 Å². The molecule has 1 aliphatic rings. The molecule has 0 amide bonds. The Balaban J connectivity index is 2.54. The first kappa shape index (κ1) is 28.1. The minimum absolute atomic E-state index is 0.174. The van der Waals surface area contributed by atoms with E-state index in [9.17, 15) is 19.2 Å². The van der Waals surface area contributed by atoms with Crippen LogP contribution in [0.5, 0.6) is 5.75 Å². The number of benzene rings is 1. The number of hydrogen-bond acceptors (Lipinski definition) is 10. The van der Waals surface area contributed by atoms with Crippen molar-refractivity contribution in [2.75, 3.05) is 6.61 Å². The maximum Gasteiger partial charge on any atom is 0.303 e. The molecule has 194 valence electrons. The van der Waals surface area contributed by atoms with Gasteiger partial charge in [0, 0.05) is 27.7 Å². The van der Waals surface area contributed by atoms with Crippen LogP contribution in [0.3, 0.4) is 0 Å². The Hall–Kier alpha value is -3.14. The first-order valence-corrected chi connectivity index (χ1v) is 11.3. The number of aryl methyl sites for hydroxylation is 1. The molecule has 1 aromatic carbocycles. The smallest absolute Gasteiger partial charge is 0.303 e. The van der Waals surface area contributed by atoms with Gasteiger partial charge in [0.05, 0.1) is 0 Å².